The summed E-state index contributed by atoms with van der Waals surface area (Å²) in [5.41, 5.74) is -0.993. The fraction of sp³-hybridized carbons (Fsp3) is 0.381. The molecule has 2 N–H and O–H groups in total. The molecule has 7 nitrogen and oxygen atoms in total. The van der Waals surface area contributed by atoms with Crippen LogP contribution in [-0.2, 0) is 19.1 Å². The highest BCUT2D eigenvalue weighted by atomic mass is 79.9. The third-order valence-corrected chi connectivity index (χ3v) is 5.39. The lowest BCUT2D eigenvalue weighted by molar-refractivity contribution is -0.162. The van der Waals surface area contributed by atoms with Gasteiger partial charge in [0.15, 0.2) is 0 Å². The van der Waals surface area contributed by atoms with Gasteiger partial charge in [0.25, 0.3) is 0 Å². The molecule has 1 aromatic carbocycles. The number of carbonyl (C=O) groups excluding carboxylic acids is 2. The van der Waals surface area contributed by atoms with E-state index in [-0.39, 0.29) is 25.3 Å². The van der Waals surface area contributed by atoms with Crippen LogP contribution < -0.4 is 0 Å². The van der Waals surface area contributed by atoms with E-state index in [2.05, 4.69) is 34.2 Å². The smallest absolute Gasteiger partial charge is 0.315 e. The Morgan fingerprint density at radius 3 is 2.28 bits per heavy atom. The van der Waals surface area contributed by atoms with Crippen LogP contribution in [0.15, 0.2) is 59.2 Å². The van der Waals surface area contributed by atoms with E-state index in [1.807, 2.05) is 0 Å². The minimum Gasteiger partial charge on any atom is -0.461 e. The van der Waals surface area contributed by atoms with Crippen molar-refractivity contribution in [1.82, 2.24) is 0 Å². The predicted octanol–water partition coefficient (Wildman–Crippen LogP) is 3.21. The van der Waals surface area contributed by atoms with Gasteiger partial charge in [-0.3, -0.25) is 9.59 Å². The highest BCUT2D eigenvalue weighted by molar-refractivity contribution is 9.10. The van der Waals surface area contributed by atoms with Crippen LogP contribution in [0.5, 0.6) is 0 Å². The van der Waals surface area contributed by atoms with Crippen LogP contribution in [0.1, 0.15) is 24.8 Å². The summed E-state index contributed by atoms with van der Waals surface area (Å²) in [6, 6.07) is 6.97. The first-order valence-corrected chi connectivity index (χ1v) is 9.79. The Labute approximate surface area is 177 Å². The number of hydrogen-bond acceptors (Lipinski definition) is 7. The quantitative estimate of drug-likeness (QED) is 0.277. The molecule has 0 spiro atoms. The fourth-order valence-corrected chi connectivity index (χ4v) is 3.95. The van der Waals surface area contributed by atoms with E-state index < -0.39 is 35.3 Å². The molecule has 1 aliphatic rings. The maximum absolute atomic E-state index is 12.9. The minimum absolute atomic E-state index is 0.0322. The molecule has 0 heterocycles. The fourth-order valence-electron chi connectivity index (χ4n) is 3.69. The highest BCUT2D eigenvalue weighted by Gasteiger charge is 2.56. The number of esters is 2. The highest BCUT2D eigenvalue weighted by Crippen LogP contribution is 2.47. The summed E-state index contributed by atoms with van der Waals surface area (Å²) in [6.07, 6.45) is 2.63. The zero-order valence-corrected chi connectivity index (χ0v) is 17.7. The van der Waals surface area contributed by atoms with E-state index in [0.29, 0.717) is 5.56 Å². The Morgan fingerprint density at radius 1 is 1.21 bits per heavy atom. The van der Waals surface area contributed by atoms with Gasteiger partial charge in [0, 0.05) is 16.8 Å². The van der Waals surface area contributed by atoms with Gasteiger partial charge in [-0.1, -0.05) is 58.5 Å². The summed E-state index contributed by atoms with van der Waals surface area (Å²) >= 11 is 3.36. The van der Waals surface area contributed by atoms with Gasteiger partial charge in [-0.05, 0) is 24.6 Å². The molecule has 4 atom stereocenters. The summed E-state index contributed by atoms with van der Waals surface area (Å²) in [6.45, 7) is 8.42. The van der Waals surface area contributed by atoms with Crippen LogP contribution in [0, 0.1) is 11.8 Å². The van der Waals surface area contributed by atoms with Gasteiger partial charge < -0.3 is 19.8 Å². The Kier molecular flexibility index (Phi) is 7.75. The normalized spacial score (nSPS) is 27.8. The molecule has 1 aliphatic carbocycles. The number of nitrogens with zero attached hydrogens (tertiary/aromatic N) is 1. The number of halogens is 1. The number of carbonyl (C=O) groups is 2. The van der Waals surface area contributed by atoms with Gasteiger partial charge in [-0.15, -0.1) is 0 Å². The number of oxime groups is 1. The average Bonchev–Trinajstić information content (AvgIpc) is 2.69. The summed E-state index contributed by atoms with van der Waals surface area (Å²) < 4.78 is 11.2. The molecule has 1 saturated carbocycles. The Bertz CT molecular complexity index is 802. The zero-order valence-electron chi connectivity index (χ0n) is 16.1. The zero-order chi connectivity index (χ0) is 21.6. The van der Waals surface area contributed by atoms with E-state index in [1.165, 1.54) is 19.1 Å². The SMILES string of the molecule is C=CCOC(=O)[C@@H]1/C(=N/O)C[C@@](C)(O)[C@@H](C(=O)OCC=C)[C@H]1c1ccc(Br)cc1. The first-order valence-electron chi connectivity index (χ1n) is 9.00. The average molecular weight is 466 g/mol. The van der Waals surface area contributed by atoms with Crippen molar-refractivity contribution < 1.29 is 29.4 Å². The predicted molar refractivity (Wildman–Crippen MR) is 111 cm³/mol. The van der Waals surface area contributed by atoms with Gasteiger partial charge in [-0.25, -0.2) is 0 Å². The molecular formula is C21H24BrNO6. The molecule has 2 rings (SSSR count). The Morgan fingerprint density at radius 2 is 1.76 bits per heavy atom. The standard InChI is InChI=1S/C21H24BrNO6/c1-4-10-28-19(24)17-15(23-27)12-21(3,26)18(20(25)29-11-5-2)16(17)13-6-8-14(22)9-7-13/h4-9,16-18,26-27H,1-2,10-12H2,3H3/b23-15+/t16-,17+,18+,21+/m0/s1. The third kappa shape index (κ3) is 5.13. The molecule has 0 saturated heterocycles. The third-order valence-electron chi connectivity index (χ3n) is 4.86. The lowest BCUT2D eigenvalue weighted by Gasteiger charge is -2.44. The van der Waals surface area contributed by atoms with E-state index in [1.54, 1.807) is 24.3 Å². The van der Waals surface area contributed by atoms with Gasteiger partial charge >= 0.3 is 11.9 Å². The van der Waals surface area contributed by atoms with Crippen molar-refractivity contribution in [3.63, 3.8) is 0 Å². The maximum atomic E-state index is 12.9. The Balaban J connectivity index is 2.62. The summed E-state index contributed by atoms with van der Waals surface area (Å²) in [7, 11) is 0. The number of hydrogen-bond donors (Lipinski definition) is 2. The van der Waals surface area contributed by atoms with E-state index >= 15 is 0 Å². The molecule has 0 aromatic heterocycles. The minimum atomic E-state index is -1.62. The second-order valence-corrected chi connectivity index (χ2v) is 7.91. The number of benzene rings is 1. The second-order valence-electron chi connectivity index (χ2n) is 7.00. The van der Waals surface area contributed by atoms with Crippen molar-refractivity contribution in [3.05, 3.63) is 59.6 Å². The van der Waals surface area contributed by atoms with Crippen LogP contribution in [0.3, 0.4) is 0 Å². The second kappa shape index (κ2) is 9.84. The maximum Gasteiger partial charge on any atom is 0.315 e. The van der Waals surface area contributed by atoms with Crippen molar-refractivity contribution in [2.45, 2.75) is 24.9 Å². The molecule has 29 heavy (non-hydrogen) atoms. The summed E-state index contributed by atoms with van der Waals surface area (Å²) in [4.78, 5) is 25.7. The molecule has 0 unspecified atom stereocenters. The van der Waals surface area contributed by atoms with Crippen molar-refractivity contribution in [1.29, 1.82) is 0 Å². The van der Waals surface area contributed by atoms with E-state index in [4.69, 9.17) is 9.47 Å². The molecule has 0 bridgehead atoms. The lowest BCUT2D eigenvalue weighted by atomic mass is 9.61. The van der Waals surface area contributed by atoms with Crippen LogP contribution >= 0.6 is 15.9 Å². The molecule has 156 valence electrons. The van der Waals surface area contributed by atoms with Crippen LogP contribution in [-0.4, -0.2) is 46.8 Å². The van der Waals surface area contributed by atoms with Crippen molar-refractivity contribution in [3.8, 4) is 0 Å². The van der Waals surface area contributed by atoms with Gasteiger partial charge in [-0.2, -0.15) is 0 Å². The van der Waals surface area contributed by atoms with Crippen LogP contribution in [0.25, 0.3) is 0 Å². The lowest BCUT2D eigenvalue weighted by Crippen LogP contribution is -2.55. The molecule has 0 radical (unpaired) electrons. The summed E-state index contributed by atoms with van der Waals surface area (Å²) in [5.74, 6) is -4.41. The molecule has 1 fully saturated rings. The first kappa shape index (κ1) is 22.8. The van der Waals surface area contributed by atoms with Crippen LogP contribution in [0.4, 0.5) is 0 Å². The van der Waals surface area contributed by atoms with E-state index in [9.17, 15) is 19.9 Å². The van der Waals surface area contributed by atoms with Crippen molar-refractivity contribution in [2.75, 3.05) is 13.2 Å². The number of ether oxygens (including phenoxy) is 2. The molecule has 8 heteroatoms. The van der Waals surface area contributed by atoms with Gasteiger partial charge in [0.2, 0.25) is 0 Å². The molecule has 0 amide bonds. The van der Waals surface area contributed by atoms with Gasteiger partial charge in [0.1, 0.15) is 19.1 Å². The first-order chi connectivity index (χ1) is 13.8. The monoisotopic (exact) mass is 465 g/mol. The van der Waals surface area contributed by atoms with Gasteiger partial charge in [0.05, 0.1) is 17.2 Å². The largest absolute Gasteiger partial charge is 0.461 e. The Hall–Kier alpha value is -2.45. The topological polar surface area (TPSA) is 105 Å². The molecule has 1 aromatic rings. The number of aliphatic hydroxyl groups is 1. The van der Waals surface area contributed by atoms with E-state index in [0.717, 1.165) is 4.47 Å². The molecule has 0 aliphatic heterocycles. The molecular weight excluding hydrogens is 442 g/mol. The van der Waals surface area contributed by atoms with Crippen molar-refractivity contribution in [2.24, 2.45) is 17.0 Å². The van der Waals surface area contributed by atoms with Crippen LogP contribution in [0.2, 0.25) is 0 Å². The number of rotatable bonds is 7. The van der Waals surface area contributed by atoms with Crippen molar-refractivity contribution >= 4 is 33.6 Å². The summed E-state index contributed by atoms with van der Waals surface area (Å²) in [5, 5.41) is 23.9.